The summed E-state index contributed by atoms with van der Waals surface area (Å²) in [5.41, 5.74) is 4.91. The molecule has 0 fully saturated rings. The van der Waals surface area contributed by atoms with Gasteiger partial charge in [0.2, 0.25) is 0 Å². The molecule has 0 radical (unpaired) electrons. The van der Waals surface area contributed by atoms with Crippen LogP contribution in [0.4, 0.5) is 0 Å². The highest BCUT2D eigenvalue weighted by Crippen LogP contribution is 2.39. The van der Waals surface area contributed by atoms with Crippen LogP contribution in [0.2, 0.25) is 5.02 Å². The molecular weight excluding hydrogens is 368 g/mol. The fraction of sp³-hybridized carbons (Fsp3) is 0.200. The summed E-state index contributed by atoms with van der Waals surface area (Å²) in [6.45, 7) is -0.376. The van der Waals surface area contributed by atoms with Crippen molar-refractivity contribution in [2.45, 2.75) is 5.16 Å². The zero-order valence-electron chi connectivity index (χ0n) is 13.3. The standard InChI is InChI=1S/C15H13ClN4O4S/c1-23-10-4-7(3-9(16)13(10)24-6-11(18)21)12-8(5-17)14(22)20-15(19-12)25-2/h3-4H,6H2,1-2H3,(H2,18,21)(H,19,20,22). The number of nitriles is 1. The van der Waals surface area contributed by atoms with Crippen LogP contribution in [0.5, 0.6) is 11.5 Å². The molecule has 1 heterocycles. The molecule has 1 aromatic heterocycles. The van der Waals surface area contributed by atoms with Crippen molar-refractivity contribution in [3.8, 4) is 28.8 Å². The van der Waals surface area contributed by atoms with Crippen LogP contribution in [0.3, 0.4) is 0 Å². The van der Waals surface area contributed by atoms with E-state index in [-0.39, 0.29) is 34.4 Å². The van der Waals surface area contributed by atoms with Gasteiger partial charge in [0, 0.05) is 5.56 Å². The van der Waals surface area contributed by atoms with Gasteiger partial charge < -0.3 is 20.2 Å². The van der Waals surface area contributed by atoms with Gasteiger partial charge >= 0.3 is 0 Å². The summed E-state index contributed by atoms with van der Waals surface area (Å²) >= 11 is 7.42. The van der Waals surface area contributed by atoms with Gasteiger partial charge in [0.1, 0.15) is 11.6 Å². The highest BCUT2D eigenvalue weighted by atomic mass is 35.5. The van der Waals surface area contributed by atoms with Crippen molar-refractivity contribution in [3.05, 3.63) is 33.1 Å². The van der Waals surface area contributed by atoms with Crippen LogP contribution in [-0.2, 0) is 4.79 Å². The molecule has 0 spiro atoms. The van der Waals surface area contributed by atoms with Crippen molar-refractivity contribution in [2.24, 2.45) is 5.73 Å². The predicted molar refractivity (Wildman–Crippen MR) is 93.0 cm³/mol. The van der Waals surface area contributed by atoms with Crippen LogP contribution in [0.1, 0.15) is 5.56 Å². The number of nitrogens with two attached hydrogens (primary N) is 1. The number of hydrogen-bond donors (Lipinski definition) is 2. The van der Waals surface area contributed by atoms with Crippen LogP contribution < -0.4 is 20.8 Å². The molecule has 0 bridgehead atoms. The number of thioether (sulfide) groups is 1. The van der Waals surface area contributed by atoms with Gasteiger partial charge in [0.05, 0.1) is 17.8 Å². The Morgan fingerprint density at radius 1 is 1.52 bits per heavy atom. The fourth-order valence-corrected chi connectivity index (χ4v) is 2.64. The third kappa shape index (κ3) is 4.04. The van der Waals surface area contributed by atoms with Crippen molar-refractivity contribution in [1.82, 2.24) is 9.97 Å². The van der Waals surface area contributed by atoms with E-state index in [1.807, 2.05) is 6.07 Å². The monoisotopic (exact) mass is 380 g/mol. The first-order chi connectivity index (χ1) is 11.9. The largest absolute Gasteiger partial charge is 0.493 e. The summed E-state index contributed by atoms with van der Waals surface area (Å²) in [6, 6.07) is 4.81. The average molecular weight is 381 g/mol. The Labute approximate surface area is 151 Å². The molecule has 3 N–H and O–H groups in total. The number of carbonyl (C=O) groups is 1. The third-order valence-electron chi connectivity index (χ3n) is 3.06. The number of hydrogen-bond acceptors (Lipinski definition) is 7. The Morgan fingerprint density at radius 2 is 2.24 bits per heavy atom. The predicted octanol–water partition coefficient (Wildman–Crippen LogP) is 1.56. The highest BCUT2D eigenvalue weighted by molar-refractivity contribution is 7.98. The first-order valence-electron chi connectivity index (χ1n) is 6.78. The summed E-state index contributed by atoms with van der Waals surface area (Å²) in [5, 5.41) is 9.73. The molecular formula is C15H13ClN4O4S. The van der Waals surface area contributed by atoms with Crippen LogP contribution in [0, 0.1) is 11.3 Å². The number of rotatable bonds is 6. The number of benzene rings is 1. The Bertz CT molecular complexity index is 923. The van der Waals surface area contributed by atoms with Crippen LogP contribution >= 0.6 is 23.4 Å². The molecule has 0 aliphatic carbocycles. The number of nitrogens with one attached hydrogen (secondary N) is 1. The molecule has 10 heteroatoms. The van der Waals surface area contributed by atoms with E-state index < -0.39 is 11.5 Å². The first-order valence-corrected chi connectivity index (χ1v) is 8.39. The van der Waals surface area contributed by atoms with Gasteiger partial charge in [-0.2, -0.15) is 5.26 Å². The molecule has 0 aliphatic rings. The molecule has 0 saturated heterocycles. The van der Waals surface area contributed by atoms with Gasteiger partial charge in [0.25, 0.3) is 11.5 Å². The topological polar surface area (TPSA) is 131 Å². The molecule has 0 saturated carbocycles. The molecule has 8 nitrogen and oxygen atoms in total. The molecule has 2 aromatic rings. The molecule has 1 amide bonds. The van der Waals surface area contributed by atoms with Crippen molar-refractivity contribution in [2.75, 3.05) is 20.0 Å². The Morgan fingerprint density at radius 3 is 2.80 bits per heavy atom. The second kappa shape index (κ2) is 7.92. The lowest BCUT2D eigenvalue weighted by atomic mass is 10.1. The maximum absolute atomic E-state index is 12.0. The molecule has 0 atom stereocenters. The number of aromatic amines is 1. The summed E-state index contributed by atoms with van der Waals surface area (Å²) in [6.07, 6.45) is 1.74. The van der Waals surface area contributed by atoms with Gasteiger partial charge in [-0.1, -0.05) is 23.4 Å². The molecule has 130 valence electrons. The summed E-state index contributed by atoms with van der Waals surface area (Å²) < 4.78 is 10.5. The van der Waals surface area contributed by atoms with Gasteiger partial charge in [-0.25, -0.2) is 4.98 Å². The fourth-order valence-electron chi connectivity index (χ4n) is 2.00. The van der Waals surface area contributed by atoms with Crippen molar-refractivity contribution in [3.63, 3.8) is 0 Å². The molecule has 0 aliphatic heterocycles. The first kappa shape index (κ1) is 18.6. The van der Waals surface area contributed by atoms with E-state index in [0.29, 0.717) is 10.7 Å². The number of methoxy groups -OCH3 is 1. The summed E-state index contributed by atoms with van der Waals surface area (Å²) in [7, 11) is 1.39. The lowest BCUT2D eigenvalue weighted by molar-refractivity contribution is -0.119. The maximum Gasteiger partial charge on any atom is 0.270 e. The molecule has 2 rings (SSSR count). The van der Waals surface area contributed by atoms with Crippen LogP contribution in [-0.4, -0.2) is 35.8 Å². The van der Waals surface area contributed by atoms with E-state index in [0.717, 1.165) is 0 Å². The van der Waals surface area contributed by atoms with Crippen molar-refractivity contribution < 1.29 is 14.3 Å². The SMILES string of the molecule is COc1cc(-c2nc(SC)[nH]c(=O)c2C#N)cc(Cl)c1OCC(N)=O. The van der Waals surface area contributed by atoms with E-state index in [1.54, 1.807) is 6.26 Å². The number of amides is 1. The van der Waals surface area contributed by atoms with E-state index in [2.05, 4.69) is 9.97 Å². The number of nitrogens with zero attached hydrogens (tertiary/aromatic N) is 2. The second-order valence-electron chi connectivity index (χ2n) is 4.66. The summed E-state index contributed by atoms with van der Waals surface area (Å²) in [4.78, 5) is 29.7. The molecule has 1 aromatic carbocycles. The normalized spacial score (nSPS) is 10.2. The smallest absolute Gasteiger partial charge is 0.270 e. The lowest BCUT2D eigenvalue weighted by Crippen LogP contribution is -2.20. The number of halogens is 1. The van der Waals surface area contributed by atoms with Gasteiger partial charge in [0.15, 0.2) is 23.3 Å². The number of aromatic nitrogens is 2. The average Bonchev–Trinajstić information content (AvgIpc) is 2.58. The number of ether oxygens (including phenoxy) is 2. The number of carbonyl (C=O) groups excluding carboxylic acids is 1. The zero-order valence-corrected chi connectivity index (χ0v) is 14.8. The van der Waals surface area contributed by atoms with Gasteiger partial charge in [-0.3, -0.25) is 9.59 Å². The zero-order chi connectivity index (χ0) is 18.6. The Balaban J connectivity index is 2.64. The molecule has 0 unspecified atom stereocenters. The maximum atomic E-state index is 12.0. The molecule has 25 heavy (non-hydrogen) atoms. The van der Waals surface area contributed by atoms with Gasteiger partial charge in [-0.15, -0.1) is 0 Å². The minimum atomic E-state index is -0.671. The Kier molecular flexibility index (Phi) is 5.90. The third-order valence-corrected chi connectivity index (χ3v) is 3.93. The van der Waals surface area contributed by atoms with E-state index in [9.17, 15) is 14.9 Å². The Hall–Kier alpha value is -2.70. The minimum absolute atomic E-state index is 0.118. The number of H-pyrrole nitrogens is 1. The minimum Gasteiger partial charge on any atom is -0.493 e. The van der Waals surface area contributed by atoms with E-state index in [4.69, 9.17) is 26.8 Å². The van der Waals surface area contributed by atoms with Crippen LogP contribution in [0.25, 0.3) is 11.3 Å². The quantitative estimate of drug-likeness (QED) is 0.574. The lowest BCUT2D eigenvalue weighted by Gasteiger charge is -2.13. The van der Waals surface area contributed by atoms with Gasteiger partial charge in [-0.05, 0) is 18.4 Å². The summed E-state index contributed by atoms with van der Waals surface area (Å²) in [5.74, 6) is -0.338. The van der Waals surface area contributed by atoms with E-state index >= 15 is 0 Å². The highest BCUT2D eigenvalue weighted by Gasteiger charge is 2.18. The van der Waals surface area contributed by atoms with Crippen molar-refractivity contribution in [1.29, 1.82) is 5.26 Å². The number of primary amides is 1. The second-order valence-corrected chi connectivity index (χ2v) is 5.86. The van der Waals surface area contributed by atoms with Crippen LogP contribution in [0.15, 0.2) is 22.1 Å². The van der Waals surface area contributed by atoms with Crippen molar-refractivity contribution >= 4 is 29.3 Å². The van der Waals surface area contributed by atoms with E-state index in [1.165, 1.54) is 31.0 Å².